The van der Waals surface area contributed by atoms with Crippen LogP contribution in [0.5, 0.6) is 23.1 Å². The number of fused-ring (bicyclic) bond motifs is 1. The summed E-state index contributed by atoms with van der Waals surface area (Å²) in [6, 6.07) is 5.81. The summed E-state index contributed by atoms with van der Waals surface area (Å²) in [5.74, 6) is 1.35. The fourth-order valence-electron chi connectivity index (χ4n) is 3.42. The highest BCUT2D eigenvalue weighted by molar-refractivity contribution is 5.61. The molecule has 2 heterocycles. The fourth-order valence-corrected chi connectivity index (χ4v) is 3.42. The van der Waals surface area contributed by atoms with Gasteiger partial charge in [0.1, 0.15) is 11.6 Å². The van der Waals surface area contributed by atoms with Gasteiger partial charge in [-0.05, 0) is 17.7 Å². The number of nitrogens with two attached hydrogens (primary N) is 1. The van der Waals surface area contributed by atoms with Gasteiger partial charge in [-0.3, -0.25) is 5.10 Å². The molecule has 0 amide bonds. The summed E-state index contributed by atoms with van der Waals surface area (Å²) in [5.41, 5.74) is 8.48. The minimum Gasteiger partial charge on any atom is -0.493 e. The second-order valence-corrected chi connectivity index (χ2v) is 7.45. The van der Waals surface area contributed by atoms with Crippen molar-refractivity contribution in [2.45, 2.75) is 32.1 Å². The number of ether oxygens (including phenoxy) is 4. The first-order valence-corrected chi connectivity index (χ1v) is 8.73. The van der Waals surface area contributed by atoms with Gasteiger partial charge in [0, 0.05) is 11.1 Å². The normalized spacial score (nSPS) is 16.1. The highest BCUT2D eigenvalue weighted by Crippen LogP contribution is 2.48. The first kappa shape index (κ1) is 19.4. The monoisotopic (exact) mass is 384 g/mol. The van der Waals surface area contributed by atoms with Crippen LogP contribution in [-0.4, -0.2) is 31.5 Å². The van der Waals surface area contributed by atoms with Gasteiger partial charge in [-0.25, -0.2) is 0 Å². The molecule has 0 spiro atoms. The Morgan fingerprint density at radius 1 is 1.14 bits per heavy atom. The molecule has 28 heavy (non-hydrogen) atoms. The Labute approximate surface area is 163 Å². The first-order chi connectivity index (χ1) is 13.3. The highest BCUT2D eigenvalue weighted by atomic mass is 16.5. The van der Waals surface area contributed by atoms with Crippen LogP contribution in [0.2, 0.25) is 0 Å². The van der Waals surface area contributed by atoms with Crippen LogP contribution in [0.15, 0.2) is 23.6 Å². The first-order valence-electron chi connectivity index (χ1n) is 8.73. The van der Waals surface area contributed by atoms with E-state index in [0.29, 0.717) is 28.7 Å². The zero-order chi connectivity index (χ0) is 20.6. The van der Waals surface area contributed by atoms with Crippen LogP contribution in [-0.2, 0) is 5.41 Å². The van der Waals surface area contributed by atoms with Crippen molar-refractivity contribution in [3.05, 3.63) is 40.4 Å². The fraction of sp³-hybridized carbons (Fsp3) is 0.400. The number of benzene rings is 1. The second-order valence-electron chi connectivity index (χ2n) is 7.45. The molecule has 8 heteroatoms. The Hall–Kier alpha value is -3.34. The van der Waals surface area contributed by atoms with Crippen molar-refractivity contribution < 1.29 is 18.9 Å². The number of hydrogen-bond acceptors (Lipinski definition) is 7. The van der Waals surface area contributed by atoms with E-state index in [1.165, 1.54) is 0 Å². The maximum atomic E-state index is 9.82. The van der Waals surface area contributed by atoms with Crippen LogP contribution < -0.4 is 24.7 Å². The third-order valence-corrected chi connectivity index (χ3v) is 4.71. The van der Waals surface area contributed by atoms with Gasteiger partial charge in [0.2, 0.25) is 17.5 Å². The molecule has 3 rings (SSSR count). The molecule has 0 saturated carbocycles. The lowest BCUT2D eigenvalue weighted by Gasteiger charge is -2.28. The molecular weight excluding hydrogens is 360 g/mol. The summed E-state index contributed by atoms with van der Waals surface area (Å²) < 4.78 is 22.0. The summed E-state index contributed by atoms with van der Waals surface area (Å²) in [6.45, 7) is 6.17. The molecule has 8 nitrogen and oxygen atoms in total. The number of allylic oxidation sites excluding steroid dienone is 1. The number of nitriles is 1. The summed E-state index contributed by atoms with van der Waals surface area (Å²) in [5, 5.41) is 17.1. The van der Waals surface area contributed by atoms with Gasteiger partial charge < -0.3 is 24.7 Å². The summed E-state index contributed by atoms with van der Waals surface area (Å²) in [4.78, 5) is 0. The van der Waals surface area contributed by atoms with E-state index in [1.54, 1.807) is 21.3 Å². The van der Waals surface area contributed by atoms with Gasteiger partial charge in [-0.15, -0.1) is 5.10 Å². The van der Waals surface area contributed by atoms with Crippen LogP contribution in [0.4, 0.5) is 0 Å². The van der Waals surface area contributed by atoms with Crippen molar-refractivity contribution in [1.29, 1.82) is 5.26 Å². The Balaban J connectivity index is 2.32. The van der Waals surface area contributed by atoms with E-state index in [-0.39, 0.29) is 11.3 Å². The smallest absolute Gasteiger partial charge is 0.244 e. The van der Waals surface area contributed by atoms with Crippen LogP contribution in [0, 0.1) is 11.3 Å². The predicted octanol–water partition coefficient (Wildman–Crippen LogP) is 2.95. The third kappa shape index (κ3) is 2.99. The summed E-state index contributed by atoms with van der Waals surface area (Å²) in [7, 11) is 4.63. The van der Waals surface area contributed by atoms with E-state index in [2.05, 4.69) is 37.0 Å². The lowest BCUT2D eigenvalue weighted by molar-refractivity contribution is 0.323. The molecule has 1 unspecified atom stereocenters. The van der Waals surface area contributed by atoms with E-state index < -0.39 is 5.92 Å². The van der Waals surface area contributed by atoms with E-state index >= 15 is 0 Å². The molecule has 1 aromatic carbocycles. The Morgan fingerprint density at radius 2 is 1.75 bits per heavy atom. The summed E-state index contributed by atoms with van der Waals surface area (Å²) >= 11 is 0. The van der Waals surface area contributed by atoms with E-state index in [4.69, 9.17) is 24.7 Å². The van der Waals surface area contributed by atoms with Crippen molar-refractivity contribution in [1.82, 2.24) is 10.2 Å². The molecule has 148 valence electrons. The minimum absolute atomic E-state index is 0.0284. The van der Waals surface area contributed by atoms with Crippen molar-refractivity contribution in [3.8, 4) is 29.2 Å². The Bertz CT molecular complexity index is 954. The highest BCUT2D eigenvalue weighted by Gasteiger charge is 2.38. The molecular formula is C20H24N4O4. The molecule has 2 aromatic rings. The Morgan fingerprint density at radius 3 is 2.21 bits per heavy atom. The van der Waals surface area contributed by atoms with Gasteiger partial charge in [0.05, 0.1) is 32.8 Å². The topological polar surface area (TPSA) is 115 Å². The summed E-state index contributed by atoms with van der Waals surface area (Å²) in [6.07, 6.45) is 0. The van der Waals surface area contributed by atoms with Crippen LogP contribution in [0.1, 0.15) is 43.5 Å². The minimum atomic E-state index is -0.490. The van der Waals surface area contributed by atoms with E-state index in [1.807, 2.05) is 12.1 Å². The number of rotatable bonds is 4. The number of aromatic amines is 1. The Kier molecular flexibility index (Phi) is 4.86. The lowest BCUT2D eigenvalue weighted by atomic mass is 9.78. The van der Waals surface area contributed by atoms with E-state index in [0.717, 1.165) is 16.8 Å². The number of nitrogens with one attached hydrogen (secondary N) is 1. The molecule has 0 fully saturated rings. The molecule has 1 aliphatic rings. The van der Waals surface area contributed by atoms with Crippen molar-refractivity contribution in [2.75, 3.05) is 21.3 Å². The molecule has 0 radical (unpaired) electrons. The maximum absolute atomic E-state index is 9.82. The molecule has 3 N–H and O–H groups in total. The number of hydrogen-bond donors (Lipinski definition) is 2. The molecule has 0 aliphatic carbocycles. The van der Waals surface area contributed by atoms with Crippen molar-refractivity contribution in [3.63, 3.8) is 0 Å². The van der Waals surface area contributed by atoms with Gasteiger partial charge in [0.15, 0.2) is 11.5 Å². The number of methoxy groups -OCH3 is 3. The van der Waals surface area contributed by atoms with Crippen molar-refractivity contribution in [2.24, 2.45) is 5.73 Å². The number of nitrogens with zero attached hydrogens (tertiary/aromatic N) is 2. The van der Waals surface area contributed by atoms with Crippen LogP contribution in [0.25, 0.3) is 0 Å². The van der Waals surface area contributed by atoms with E-state index in [9.17, 15) is 5.26 Å². The standard InChI is InChI=1S/C20H24N4O4/c1-20(2,3)17-15-14(11(9-21)18(22)28-19(15)24-23-17)10-7-12(25-4)16(27-6)13(8-10)26-5/h7-8,14H,22H2,1-6H3,(H,23,24). The molecule has 1 aromatic heterocycles. The SMILES string of the molecule is COc1cc(C2C(C#N)=C(N)Oc3n[nH]c(C(C)(C)C)c32)cc(OC)c1OC. The van der Waals surface area contributed by atoms with Crippen molar-refractivity contribution >= 4 is 0 Å². The predicted molar refractivity (Wildman–Crippen MR) is 103 cm³/mol. The second kappa shape index (κ2) is 7.00. The largest absolute Gasteiger partial charge is 0.493 e. The zero-order valence-corrected chi connectivity index (χ0v) is 16.8. The van der Waals surface area contributed by atoms with Gasteiger partial charge >= 0.3 is 0 Å². The van der Waals surface area contributed by atoms with Gasteiger partial charge in [-0.1, -0.05) is 20.8 Å². The third-order valence-electron chi connectivity index (χ3n) is 4.71. The van der Waals surface area contributed by atoms with Gasteiger partial charge in [0.25, 0.3) is 0 Å². The molecule has 0 saturated heterocycles. The molecule has 1 aliphatic heterocycles. The quantitative estimate of drug-likeness (QED) is 0.832. The average molecular weight is 384 g/mol. The number of aromatic nitrogens is 2. The molecule has 0 bridgehead atoms. The lowest BCUT2D eigenvalue weighted by Crippen LogP contribution is -2.24. The number of H-pyrrole nitrogens is 1. The molecule has 1 atom stereocenters. The average Bonchev–Trinajstić information content (AvgIpc) is 3.09. The van der Waals surface area contributed by atoms with Crippen LogP contribution >= 0.6 is 0 Å². The zero-order valence-electron chi connectivity index (χ0n) is 16.8. The van der Waals surface area contributed by atoms with Crippen LogP contribution in [0.3, 0.4) is 0 Å². The maximum Gasteiger partial charge on any atom is 0.244 e. The van der Waals surface area contributed by atoms with Gasteiger partial charge in [-0.2, -0.15) is 5.26 Å².